The van der Waals surface area contributed by atoms with Crippen LogP contribution in [-0.2, 0) is 9.59 Å². The largest absolute Gasteiger partial charge is 0.481 e. The van der Waals surface area contributed by atoms with Crippen molar-refractivity contribution in [1.82, 2.24) is 5.32 Å². The van der Waals surface area contributed by atoms with Crippen molar-refractivity contribution in [3.63, 3.8) is 0 Å². The summed E-state index contributed by atoms with van der Waals surface area (Å²) in [4.78, 5) is 22.1. The number of aliphatic carboxylic acids is 1. The zero-order valence-corrected chi connectivity index (χ0v) is 9.16. The predicted octanol–water partition coefficient (Wildman–Crippen LogP) is 1.40. The highest BCUT2D eigenvalue weighted by Gasteiger charge is 2.29. The van der Waals surface area contributed by atoms with E-state index in [9.17, 15) is 9.59 Å². The zero-order valence-electron chi connectivity index (χ0n) is 9.16. The van der Waals surface area contributed by atoms with Crippen LogP contribution in [-0.4, -0.2) is 23.5 Å². The molecule has 4 nitrogen and oxygen atoms in total. The van der Waals surface area contributed by atoms with Crippen molar-refractivity contribution in [3.8, 4) is 0 Å². The number of piperidine rings is 1. The lowest BCUT2D eigenvalue weighted by atomic mass is 9.81. The van der Waals surface area contributed by atoms with Gasteiger partial charge in [0, 0.05) is 18.9 Å². The van der Waals surface area contributed by atoms with Crippen molar-refractivity contribution in [2.24, 2.45) is 11.8 Å². The number of carboxylic acids is 1. The van der Waals surface area contributed by atoms with E-state index >= 15 is 0 Å². The molecule has 86 valence electrons. The van der Waals surface area contributed by atoms with Crippen LogP contribution < -0.4 is 5.32 Å². The van der Waals surface area contributed by atoms with Crippen LogP contribution in [0.4, 0.5) is 0 Å². The number of rotatable bonds is 5. The molecule has 2 N–H and O–H groups in total. The average Bonchev–Trinajstić information content (AvgIpc) is 2.21. The number of amides is 1. The van der Waals surface area contributed by atoms with Gasteiger partial charge in [-0.15, -0.1) is 0 Å². The van der Waals surface area contributed by atoms with E-state index in [1.807, 2.05) is 6.92 Å². The van der Waals surface area contributed by atoms with E-state index in [0.717, 1.165) is 25.8 Å². The van der Waals surface area contributed by atoms with Gasteiger partial charge in [0.05, 0.1) is 0 Å². The lowest BCUT2D eigenvalue weighted by molar-refractivity contribution is -0.138. The SMILES string of the molecule is CCC(CCC(=O)O)C1CCCNC1=O. The molecule has 0 aromatic carbocycles. The fourth-order valence-electron chi connectivity index (χ4n) is 2.24. The molecule has 1 aliphatic rings. The molecule has 2 unspecified atom stereocenters. The molecule has 1 saturated heterocycles. The Morgan fingerprint density at radius 1 is 1.67 bits per heavy atom. The van der Waals surface area contributed by atoms with Crippen LogP contribution in [0, 0.1) is 11.8 Å². The highest BCUT2D eigenvalue weighted by Crippen LogP contribution is 2.27. The summed E-state index contributed by atoms with van der Waals surface area (Å²) in [5.74, 6) is -0.410. The van der Waals surface area contributed by atoms with Crippen molar-refractivity contribution in [1.29, 1.82) is 0 Å². The van der Waals surface area contributed by atoms with E-state index in [1.54, 1.807) is 0 Å². The van der Waals surface area contributed by atoms with Gasteiger partial charge in [-0.05, 0) is 25.2 Å². The van der Waals surface area contributed by atoms with Gasteiger partial charge in [0.25, 0.3) is 0 Å². The average molecular weight is 213 g/mol. The Balaban J connectivity index is 2.48. The quantitative estimate of drug-likeness (QED) is 0.725. The van der Waals surface area contributed by atoms with Crippen molar-refractivity contribution in [3.05, 3.63) is 0 Å². The first-order valence-electron chi connectivity index (χ1n) is 5.64. The number of carbonyl (C=O) groups excluding carboxylic acids is 1. The molecular formula is C11H19NO3. The summed E-state index contributed by atoms with van der Waals surface area (Å²) in [6.07, 6.45) is 3.58. The van der Waals surface area contributed by atoms with Crippen LogP contribution >= 0.6 is 0 Å². The Kier molecular flexibility index (Phi) is 4.59. The summed E-state index contributed by atoms with van der Waals surface area (Å²) < 4.78 is 0. The highest BCUT2D eigenvalue weighted by molar-refractivity contribution is 5.79. The molecule has 1 amide bonds. The zero-order chi connectivity index (χ0) is 11.3. The first kappa shape index (κ1) is 12.0. The van der Waals surface area contributed by atoms with Gasteiger partial charge in [-0.25, -0.2) is 0 Å². The number of hydrogen-bond donors (Lipinski definition) is 2. The van der Waals surface area contributed by atoms with E-state index in [-0.39, 0.29) is 24.2 Å². The second-order valence-corrected chi connectivity index (χ2v) is 4.14. The third-order valence-corrected chi connectivity index (χ3v) is 3.15. The molecule has 0 spiro atoms. The Hall–Kier alpha value is -1.06. The number of hydrogen-bond acceptors (Lipinski definition) is 2. The van der Waals surface area contributed by atoms with Crippen LogP contribution in [0.5, 0.6) is 0 Å². The monoisotopic (exact) mass is 213 g/mol. The van der Waals surface area contributed by atoms with Gasteiger partial charge in [-0.3, -0.25) is 9.59 Å². The fraction of sp³-hybridized carbons (Fsp3) is 0.818. The van der Waals surface area contributed by atoms with Crippen LogP contribution in [0.3, 0.4) is 0 Å². The Morgan fingerprint density at radius 2 is 2.40 bits per heavy atom. The summed E-state index contributed by atoms with van der Waals surface area (Å²) in [6.45, 7) is 2.79. The van der Waals surface area contributed by atoms with Gasteiger partial charge < -0.3 is 10.4 Å². The van der Waals surface area contributed by atoms with Gasteiger partial charge in [0.2, 0.25) is 5.91 Å². The summed E-state index contributed by atoms with van der Waals surface area (Å²) in [6, 6.07) is 0. The van der Waals surface area contributed by atoms with E-state index in [1.165, 1.54) is 0 Å². The molecular weight excluding hydrogens is 194 g/mol. The molecule has 0 radical (unpaired) electrons. The van der Waals surface area contributed by atoms with E-state index in [4.69, 9.17) is 5.11 Å². The minimum absolute atomic E-state index is 0.0306. The molecule has 1 rings (SSSR count). The first-order chi connectivity index (χ1) is 7.15. The second-order valence-electron chi connectivity index (χ2n) is 4.14. The van der Waals surface area contributed by atoms with Crippen LogP contribution in [0.1, 0.15) is 39.0 Å². The van der Waals surface area contributed by atoms with Crippen molar-refractivity contribution >= 4 is 11.9 Å². The number of nitrogens with one attached hydrogen (secondary N) is 1. The molecule has 1 heterocycles. The van der Waals surface area contributed by atoms with Crippen LogP contribution in [0.25, 0.3) is 0 Å². The van der Waals surface area contributed by atoms with Crippen molar-refractivity contribution in [2.45, 2.75) is 39.0 Å². The highest BCUT2D eigenvalue weighted by atomic mass is 16.4. The van der Waals surface area contributed by atoms with Gasteiger partial charge in [0.1, 0.15) is 0 Å². The summed E-state index contributed by atoms with van der Waals surface area (Å²) in [7, 11) is 0. The Morgan fingerprint density at radius 3 is 2.93 bits per heavy atom. The topological polar surface area (TPSA) is 66.4 Å². The first-order valence-corrected chi connectivity index (χ1v) is 5.64. The molecule has 1 aliphatic heterocycles. The molecule has 0 aromatic rings. The standard InChI is InChI=1S/C11H19NO3/c1-2-8(5-6-10(13)14)9-4-3-7-12-11(9)15/h8-9H,2-7H2,1H3,(H,12,15)(H,13,14). The molecule has 2 atom stereocenters. The molecule has 1 fully saturated rings. The lowest BCUT2D eigenvalue weighted by Gasteiger charge is -2.28. The van der Waals surface area contributed by atoms with Gasteiger partial charge in [-0.2, -0.15) is 0 Å². The third-order valence-electron chi connectivity index (χ3n) is 3.15. The molecule has 0 aliphatic carbocycles. The van der Waals surface area contributed by atoms with Gasteiger partial charge >= 0.3 is 5.97 Å². The van der Waals surface area contributed by atoms with Crippen molar-refractivity contribution < 1.29 is 14.7 Å². The summed E-state index contributed by atoms with van der Waals surface area (Å²) >= 11 is 0. The third kappa shape index (κ3) is 3.53. The maximum absolute atomic E-state index is 11.6. The molecule has 15 heavy (non-hydrogen) atoms. The molecule has 0 saturated carbocycles. The van der Waals surface area contributed by atoms with E-state index in [2.05, 4.69) is 5.32 Å². The van der Waals surface area contributed by atoms with Crippen LogP contribution in [0.2, 0.25) is 0 Å². The number of carboxylic acid groups (broad SMARTS) is 1. The van der Waals surface area contributed by atoms with Gasteiger partial charge in [-0.1, -0.05) is 13.3 Å². The lowest BCUT2D eigenvalue weighted by Crippen LogP contribution is -2.40. The molecule has 0 bridgehead atoms. The Bertz CT molecular complexity index is 240. The number of carbonyl (C=O) groups is 2. The summed E-state index contributed by atoms with van der Waals surface area (Å²) in [5, 5.41) is 11.5. The molecule has 0 aromatic heterocycles. The fourth-order valence-corrected chi connectivity index (χ4v) is 2.24. The Labute approximate surface area is 90.0 Å². The van der Waals surface area contributed by atoms with E-state index in [0.29, 0.717) is 6.42 Å². The predicted molar refractivity (Wildman–Crippen MR) is 56.4 cm³/mol. The molecule has 4 heteroatoms. The second kappa shape index (κ2) is 5.73. The summed E-state index contributed by atoms with van der Waals surface area (Å²) in [5.41, 5.74) is 0. The minimum Gasteiger partial charge on any atom is -0.481 e. The maximum Gasteiger partial charge on any atom is 0.303 e. The van der Waals surface area contributed by atoms with Crippen LogP contribution in [0.15, 0.2) is 0 Å². The minimum atomic E-state index is -0.773. The maximum atomic E-state index is 11.6. The van der Waals surface area contributed by atoms with Gasteiger partial charge in [0.15, 0.2) is 0 Å². The van der Waals surface area contributed by atoms with Crippen molar-refractivity contribution in [2.75, 3.05) is 6.54 Å². The van der Waals surface area contributed by atoms with E-state index < -0.39 is 5.97 Å². The smallest absolute Gasteiger partial charge is 0.303 e. The normalized spacial score (nSPS) is 23.3.